The highest BCUT2D eigenvalue weighted by Crippen LogP contribution is 2.32. The van der Waals surface area contributed by atoms with E-state index in [9.17, 15) is 13.2 Å². The highest BCUT2D eigenvalue weighted by Gasteiger charge is 2.25. The first-order valence-electron chi connectivity index (χ1n) is 12.2. The quantitative estimate of drug-likeness (QED) is 0.222. The first-order chi connectivity index (χ1) is 18.5. The van der Waals surface area contributed by atoms with Crippen molar-refractivity contribution in [2.24, 2.45) is 0 Å². The number of anilines is 3. The van der Waals surface area contributed by atoms with Crippen molar-refractivity contribution in [1.82, 2.24) is 15.3 Å². The minimum Gasteiger partial charge on any atom is -0.497 e. The number of fused-ring (bicyclic) bond motifs is 1. The van der Waals surface area contributed by atoms with Gasteiger partial charge < -0.3 is 15.4 Å². The van der Waals surface area contributed by atoms with Gasteiger partial charge in [0.25, 0.3) is 10.0 Å². The van der Waals surface area contributed by atoms with Crippen LogP contribution < -0.4 is 20.1 Å². The molecule has 204 valence electrons. The Labute approximate surface area is 233 Å². The number of aromatic nitrogens is 2. The van der Waals surface area contributed by atoms with Gasteiger partial charge in [0.15, 0.2) is 17.4 Å². The summed E-state index contributed by atoms with van der Waals surface area (Å²) in [6.07, 6.45) is 0.681. The Kier molecular flexibility index (Phi) is 8.39. The van der Waals surface area contributed by atoms with E-state index in [1.807, 2.05) is 19.9 Å². The third-order valence-corrected chi connectivity index (χ3v) is 8.07. The van der Waals surface area contributed by atoms with Gasteiger partial charge in [-0.05, 0) is 69.3 Å². The van der Waals surface area contributed by atoms with Crippen LogP contribution >= 0.6 is 11.6 Å². The molecule has 4 rings (SSSR count). The summed E-state index contributed by atoms with van der Waals surface area (Å²) in [5, 5.41) is 6.48. The third-order valence-electron chi connectivity index (χ3n) is 6.40. The Morgan fingerprint density at radius 2 is 1.67 bits per heavy atom. The van der Waals surface area contributed by atoms with E-state index in [0.29, 0.717) is 33.9 Å². The molecule has 1 aromatic heterocycles. The molecule has 39 heavy (non-hydrogen) atoms. The zero-order valence-electron chi connectivity index (χ0n) is 22.1. The molecule has 0 bridgehead atoms. The van der Waals surface area contributed by atoms with Crippen molar-refractivity contribution in [1.29, 1.82) is 0 Å². The Morgan fingerprint density at radius 3 is 2.33 bits per heavy atom. The zero-order valence-corrected chi connectivity index (χ0v) is 23.7. The van der Waals surface area contributed by atoms with Crippen molar-refractivity contribution < 1.29 is 17.9 Å². The van der Waals surface area contributed by atoms with Crippen LogP contribution in [0.5, 0.6) is 5.75 Å². The van der Waals surface area contributed by atoms with Crippen LogP contribution in [0.1, 0.15) is 25.8 Å². The maximum absolute atomic E-state index is 13.5. The van der Waals surface area contributed by atoms with Gasteiger partial charge in [-0.2, -0.15) is 0 Å². The smallest absolute Gasteiger partial charge is 0.263 e. The molecule has 0 saturated heterocycles. The molecule has 1 heterocycles. The second kappa shape index (κ2) is 11.6. The van der Waals surface area contributed by atoms with Crippen LogP contribution in [0, 0.1) is 0 Å². The van der Waals surface area contributed by atoms with Gasteiger partial charge in [-0.15, -0.1) is 0 Å². The number of carbonyl (C=O) groups is 1. The molecule has 0 aliphatic heterocycles. The fraction of sp³-hybridized carbons (Fsp3) is 0.250. The van der Waals surface area contributed by atoms with Crippen molar-refractivity contribution in [3.8, 4) is 5.75 Å². The molecule has 9 nitrogen and oxygen atoms in total. The molecule has 3 aromatic carbocycles. The van der Waals surface area contributed by atoms with E-state index in [4.69, 9.17) is 16.3 Å². The summed E-state index contributed by atoms with van der Waals surface area (Å²) in [7, 11) is -0.792. The van der Waals surface area contributed by atoms with E-state index in [1.54, 1.807) is 61.6 Å². The van der Waals surface area contributed by atoms with E-state index >= 15 is 0 Å². The molecule has 0 fully saturated rings. The molecule has 0 unspecified atom stereocenters. The summed E-state index contributed by atoms with van der Waals surface area (Å²) < 4.78 is 34.8. The number of sulfonamides is 1. The van der Waals surface area contributed by atoms with Crippen molar-refractivity contribution in [3.05, 3.63) is 77.3 Å². The summed E-state index contributed by atoms with van der Waals surface area (Å²) in [5.74, 6) is 0.772. The van der Waals surface area contributed by atoms with Gasteiger partial charge in [-0.25, -0.2) is 18.4 Å². The minimum absolute atomic E-state index is 0.00365. The van der Waals surface area contributed by atoms with E-state index in [1.165, 1.54) is 13.2 Å². The first kappa shape index (κ1) is 28.3. The number of likely N-dealkylation sites (N-methyl/N-ethyl adjacent to an activating group) is 1. The second-order valence-electron chi connectivity index (χ2n) is 9.43. The fourth-order valence-corrected chi connectivity index (χ4v) is 5.02. The molecule has 4 aromatic rings. The van der Waals surface area contributed by atoms with Gasteiger partial charge >= 0.3 is 0 Å². The van der Waals surface area contributed by atoms with Crippen LogP contribution in [0.25, 0.3) is 11.0 Å². The highest BCUT2D eigenvalue weighted by atomic mass is 35.5. The van der Waals surface area contributed by atoms with Crippen molar-refractivity contribution in [2.75, 3.05) is 24.2 Å². The summed E-state index contributed by atoms with van der Waals surface area (Å²) in [6.45, 7) is 3.63. The molecule has 0 aliphatic carbocycles. The number of ether oxygens (including phenoxy) is 1. The predicted octanol–water partition coefficient (Wildman–Crippen LogP) is 5.34. The summed E-state index contributed by atoms with van der Waals surface area (Å²) in [5.41, 5.74) is 1.62. The molecule has 0 radical (unpaired) electrons. The zero-order chi connectivity index (χ0) is 28.2. The summed E-state index contributed by atoms with van der Waals surface area (Å²) in [6, 6.07) is 18.7. The number of ketones is 1. The highest BCUT2D eigenvalue weighted by molar-refractivity contribution is 7.92. The number of benzene rings is 3. The van der Waals surface area contributed by atoms with E-state index < -0.39 is 15.6 Å². The van der Waals surface area contributed by atoms with Gasteiger partial charge in [0.1, 0.15) is 5.75 Å². The van der Waals surface area contributed by atoms with Crippen molar-refractivity contribution in [3.63, 3.8) is 0 Å². The molecule has 0 aliphatic rings. The van der Waals surface area contributed by atoms with Crippen molar-refractivity contribution in [2.45, 2.75) is 37.1 Å². The molecule has 0 spiro atoms. The molecule has 3 N–H and O–H groups in total. The number of para-hydroxylation sites is 2. The number of hydrogen-bond acceptors (Lipinski definition) is 8. The lowest BCUT2D eigenvalue weighted by molar-refractivity contribution is -0.124. The van der Waals surface area contributed by atoms with Crippen LogP contribution in [0.15, 0.2) is 71.6 Å². The Hall–Kier alpha value is -3.73. The van der Waals surface area contributed by atoms with Gasteiger partial charge in [-0.3, -0.25) is 9.52 Å². The van der Waals surface area contributed by atoms with E-state index in [0.717, 1.165) is 5.56 Å². The monoisotopic (exact) mass is 567 g/mol. The molecular weight excluding hydrogens is 538 g/mol. The lowest BCUT2D eigenvalue weighted by atomic mass is 9.94. The number of rotatable bonds is 11. The number of methoxy groups -OCH3 is 1. The minimum atomic E-state index is -4.06. The SMILES string of the molecule is CNC(C)(C)C(=O)CCc1cccc(S(=O)(=O)Nc2nc3ccccc3nc2Nc2cc(OC)ccc2Cl)c1. The van der Waals surface area contributed by atoms with Crippen molar-refractivity contribution >= 4 is 55.8 Å². The summed E-state index contributed by atoms with van der Waals surface area (Å²) in [4.78, 5) is 21.7. The molecule has 11 heteroatoms. The average molecular weight is 568 g/mol. The lowest BCUT2D eigenvalue weighted by Crippen LogP contribution is -2.44. The fourth-order valence-electron chi connectivity index (χ4n) is 3.78. The average Bonchev–Trinajstić information content (AvgIpc) is 2.93. The van der Waals surface area contributed by atoms with E-state index in [-0.39, 0.29) is 28.7 Å². The molecule has 0 amide bonds. The molecular formula is C28H30ClN5O4S. The molecule has 0 saturated carbocycles. The maximum atomic E-state index is 13.5. The van der Waals surface area contributed by atoms with E-state index in [2.05, 4.69) is 25.3 Å². The van der Waals surface area contributed by atoms with Gasteiger partial charge in [-0.1, -0.05) is 35.9 Å². The van der Waals surface area contributed by atoms with Crippen LogP contribution in [0.3, 0.4) is 0 Å². The van der Waals surface area contributed by atoms with Crippen LogP contribution in [0.4, 0.5) is 17.3 Å². The standard InChI is InChI=1S/C28H30ClN5O4S/c1-28(2,30-3)25(35)15-12-18-8-7-9-20(16-18)39(36,37)34-27-26(31-22-10-5-6-11-23(22)32-27)33-24-17-19(38-4)13-14-21(24)29/h5-11,13-14,16-17,30H,12,15H2,1-4H3,(H,31,33)(H,32,34). The number of aryl methyl sites for hydroxylation is 1. The second-order valence-corrected chi connectivity index (χ2v) is 11.5. The van der Waals surface area contributed by atoms with Crippen LogP contribution in [-0.2, 0) is 21.2 Å². The Balaban J connectivity index is 1.65. The largest absolute Gasteiger partial charge is 0.497 e. The van der Waals surface area contributed by atoms with Gasteiger partial charge in [0.2, 0.25) is 0 Å². The third kappa shape index (κ3) is 6.65. The number of carbonyl (C=O) groups excluding carboxylic acids is 1. The topological polar surface area (TPSA) is 122 Å². The summed E-state index contributed by atoms with van der Waals surface area (Å²) >= 11 is 6.38. The number of halogens is 1. The van der Waals surface area contributed by atoms with Gasteiger partial charge in [0.05, 0.1) is 39.3 Å². The molecule has 0 atom stereocenters. The predicted molar refractivity (Wildman–Crippen MR) is 155 cm³/mol. The first-order valence-corrected chi connectivity index (χ1v) is 14.1. The Bertz CT molecular complexity index is 1630. The normalized spacial score (nSPS) is 11.8. The maximum Gasteiger partial charge on any atom is 0.263 e. The van der Waals surface area contributed by atoms with Crippen LogP contribution in [-0.4, -0.2) is 43.9 Å². The van der Waals surface area contributed by atoms with Gasteiger partial charge in [0, 0.05) is 12.5 Å². The number of Topliss-reactive ketones (excluding diaryl/α,β-unsaturated/α-hetero) is 1. The number of nitrogens with zero attached hydrogens (tertiary/aromatic N) is 2. The number of nitrogens with one attached hydrogen (secondary N) is 3. The van der Waals surface area contributed by atoms with Crippen LogP contribution in [0.2, 0.25) is 5.02 Å². The number of hydrogen-bond donors (Lipinski definition) is 3. The Morgan fingerprint density at radius 1 is 0.974 bits per heavy atom. The lowest BCUT2D eigenvalue weighted by Gasteiger charge is -2.22.